The number of amides is 1. The van der Waals surface area contributed by atoms with Crippen molar-refractivity contribution in [3.8, 4) is 11.5 Å². The van der Waals surface area contributed by atoms with E-state index < -0.39 is 0 Å². The van der Waals surface area contributed by atoms with Gasteiger partial charge in [-0.1, -0.05) is 18.5 Å². The van der Waals surface area contributed by atoms with Crippen LogP contribution in [0.2, 0.25) is 5.02 Å². The van der Waals surface area contributed by atoms with Crippen molar-refractivity contribution in [3.63, 3.8) is 0 Å². The summed E-state index contributed by atoms with van der Waals surface area (Å²) >= 11 is 6.18. The van der Waals surface area contributed by atoms with Gasteiger partial charge in [-0.25, -0.2) is 0 Å². The minimum Gasteiger partial charge on any atom is -0.486 e. The SMILES string of the molecule is CC(C(=O)NCc1cc(Cl)c2c(c1)OCCO2)C1CNC1. The minimum atomic E-state index is 0.0268. The van der Waals surface area contributed by atoms with Crippen LogP contribution in [-0.2, 0) is 11.3 Å². The fourth-order valence-electron chi connectivity index (χ4n) is 2.50. The molecule has 1 saturated heterocycles. The normalized spacial score (nSPS) is 18.8. The zero-order chi connectivity index (χ0) is 14.8. The zero-order valence-corrected chi connectivity index (χ0v) is 12.7. The zero-order valence-electron chi connectivity index (χ0n) is 11.9. The van der Waals surface area contributed by atoms with Crippen molar-refractivity contribution in [2.24, 2.45) is 11.8 Å². The Hall–Kier alpha value is -1.46. The maximum atomic E-state index is 12.1. The second-order valence-electron chi connectivity index (χ2n) is 5.53. The first-order chi connectivity index (χ1) is 10.1. The van der Waals surface area contributed by atoms with Crippen molar-refractivity contribution in [3.05, 3.63) is 22.7 Å². The van der Waals surface area contributed by atoms with E-state index in [2.05, 4.69) is 10.6 Å². The molecule has 2 aliphatic heterocycles. The first-order valence-corrected chi connectivity index (χ1v) is 7.59. The second kappa shape index (κ2) is 6.12. The molecule has 0 saturated carbocycles. The molecular formula is C15H19ClN2O3. The summed E-state index contributed by atoms with van der Waals surface area (Å²) in [4.78, 5) is 12.1. The summed E-state index contributed by atoms with van der Waals surface area (Å²) in [5.41, 5.74) is 0.913. The number of benzene rings is 1. The van der Waals surface area contributed by atoms with E-state index in [1.54, 1.807) is 0 Å². The van der Waals surface area contributed by atoms with Gasteiger partial charge in [-0.15, -0.1) is 0 Å². The lowest BCUT2D eigenvalue weighted by atomic mass is 9.88. The van der Waals surface area contributed by atoms with Crippen LogP contribution in [0.5, 0.6) is 11.5 Å². The van der Waals surface area contributed by atoms with Crippen LogP contribution in [0.4, 0.5) is 0 Å². The van der Waals surface area contributed by atoms with Crippen molar-refractivity contribution >= 4 is 17.5 Å². The highest BCUT2D eigenvalue weighted by Gasteiger charge is 2.28. The van der Waals surface area contributed by atoms with Crippen LogP contribution in [-0.4, -0.2) is 32.2 Å². The number of nitrogens with one attached hydrogen (secondary N) is 2. The number of hydrogen-bond acceptors (Lipinski definition) is 4. The van der Waals surface area contributed by atoms with E-state index in [0.717, 1.165) is 18.7 Å². The van der Waals surface area contributed by atoms with E-state index in [9.17, 15) is 4.79 Å². The number of rotatable bonds is 4. The Morgan fingerprint density at radius 3 is 2.90 bits per heavy atom. The Morgan fingerprint density at radius 2 is 2.19 bits per heavy atom. The average molecular weight is 311 g/mol. The summed E-state index contributed by atoms with van der Waals surface area (Å²) < 4.78 is 11.0. The second-order valence-corrected chi connectivity index (χ2v) is 5.93. The van der Waals surface area contributed by atoms with Crippen LogP contribution in [0.15, 0.2) is 12.1 Å². The van der Waals surface area contributed by atoms with Crippen molar-refractivity contribution in [1.29, 1.82) is 0 Å². The minimum absolute atomic E-state index is 0.0268. The molecular weight excluding hydrogens is 292 g/mol. The van der Waals surface area contributed by atoms with E-state index in [1.807, 2.05) is 19.1 Å². The fourth-order valence-corrected chi connectivity index (χ4v) is 2.78. The quantitative estimate of drug-likeness (QED) is 0.886. The molecule has 21 heavy (non-hydrogen) atoms. The molecule has 1 atom stereocenters. The number of hydrogen-bond donors (Lipinski definition) is 2. The van der Waals surface area contributed by atoms with Gasteiger partial charge in [0.2, 0.25) is 5.91 Å². The maximum absolute atomic E-state index is 12.1. The summed E-state index contributed by atoms with van der Waals surface area (Å²) in [5, 5.41) is 6.67. The van der Waals surface area contributed by atoms with E-state index in [1.165, 1.54) is 0 Å². The topological polar surface area (TPSA) is 59.6 Å². The van der Waals surface area contributed by atoms with Gasteiger partial charge in [0.15, 0.2) is 11.5 Å². The number of ether oxygens (including phenoxy) is 2. The van der Waals surface area contributed by atoms with Gasteiger partial charge in [0.05, 0.1) is 5.02 Å². The van der Waals surface area contributed by atoms with Crippen molar-refractivity contribution in [2.75, 3.05) is 26.3 Å². The summed E-state index contributed by atoms with van der Waals surface area (Å²) in [5.74, 6) is 1.78. The van der Waals surface area contributed by atoms with Crippen LogP contribution in [0.25, 0.3) is 0 Å². The number of halogens is 1. The van der Waals surface area contributed by atoms with Crippen LogP contribution in [0.1, 0.15) is 12.5 Å². The first-order valence-electron chi connectivity index (χ1n) is 7.21. The van der Waals surface area contributed by atoms with Crippen molar-refractivity contribution in [1.82, 2.24) is 10.6 Å². The van der Waals surface area contributed by atoms with Crippen LogP contribution < -0.4 is 20.1 Å². The molecule has 3 rings (SSSR count). The number of carbonyl (C=O) groups is 1. The Labute approximate surface area is 128 Å². The Kier molecular flexibility index (Phi) is 4.22. The summed E-state index contributed by atoms with van der Waals surface area (Å²) in [6.07, 6.45) is 0. The molecule has 2 N–H and O–H groups in total. The van der Waals surface area contributed by atoms with Crippen LogP contribution in [0, 0.1) is 11.8 Å². The molecule has 0 bridgehead atoms. The predicted molar refractivity (Wildman–Crippen MR) is 79.8 cm³/mol. The Bertz CT molecular complexity index is 546. The lowest BCUT2D eigenvalue weighted by molar-refractivity contribution is -0.126. The van der Waals surface area contributed by atoms with Crippen molar-refractivity contribution in [2.45, 2.75) is 13.5 Å². The largest absolute Gasteiger partial charge is 0.486 e. The van der Waals surface area contributed by atoms with E-state index >= 15 is 0 Å². The van der Waals surface area contributed by atoms with E-state index in [0.29, 0.717) is 42.2 Å². The molecule has 0 spiro atoms. The summed E-state index contributed by atoms with van der Waals surface area (Å²) in [7, 11) is 0. The molecule has 1 aromatic carbocycles. The monoisotopic (exact) mass is 310 g/mol. The fraction of sp³-hybridized carbons (Fsp3) is 0.533. The van der Waals surface area contributed by atoms with Gasteiger partial charge in [0, 0.05) is 12.5 Å². The third kappa shape index (κ3) is 3.09. The van der Waals surface area contributed by atoms with Crippen LogP contribution in [0.3, 0.4) is 0 Å². The number of fused-ring (bicyclic) bond motifs is 1. The van der Waals surface area contributed by atoms with Crippen LogP contribution >= 0.6 is 11.6 Å². The molecule has 1 aromatic rings. The van der Waals surface area contributed by atoms with E-state index in [4.69, 9.17) is 21.1 Å². The van der Waals surface area contributed by atoms with Gasteiger partial charge in [0.25, 0.3) is 0 Å². The van der Waals surface area contributed by atoms with Gasteiger partial charge in [-0.3, -0.25) is 4.79 Å². The molecule has 2 aliphatic rings. The van der Waals surface area contributed by atoms with Gasteiger partial charge in [-0.2, -0.15) is 0 Å². The third-order valence-electron chi connectivity index (χ3n) is 4.06. The van der Waals surface area contributed by atoms with Crippen molar-refractivity contribution < 1.29 is 14.3 Å². The smallest absolute Gasteiger partial charge is 0.223 e. The molecule has 0 radical (unpaired) electrons. The van der Waals surface area contributed by atoms with Gasteiger partial charge >= 0.3 is 0 Å². The molecule has 6 heteroatoms. The van der Waals surface area contributed by atoms with Gasteiger partial charge in [-0.05, 0) is 36.7 Å². The highest BCUT2D eigenvalue weighted by Crippen LogP contribution is 2.38. The molecule has 5 nitrogen and oxygen atoms in total. The standard InChI is InChI=1S/C15H19ClN2O3/c1-9(11-7-17-8-11)15(19)18-6-10-4-12(16)14-13(5-10)20-2-3-21-14/h4-5,9,11,17H,2-3,6-8H2,1H3,(H,18,19). The molecule has 1 amide bonds. The molecule has 1 fully saturated rings. The average Bonchev–Trinajstić information content (AvgIpc) is 2.43. The third-order valence-corrected chi connectivity index (χ3v) is 4.34. The maximum Gasteiger partial charge on any atom is 0.223 e. The lowest BCUT2D eigenvalue weighted by Gasteiger charge is -2.31. The molecule has 1 unspecified atom stereocenters. The molecule has 114 valence electrons. The molecule has 2 heterocycles. The molecule has 0 aromatic heterocycles. The Balaban J connectivity index is 1.62. The van der Waals surface area contributed by atoms with Gasteiger partial charge in [0.1, 0.15) is 13.2 Å². The predicted octanol–water partition coefficient (Wildman–Crippen LogP) is 1.58. The highest BCUT2D eigenvalue weighted by molar-refractivity contribution is 6.32. The number of carbonyl (C=O) groups excluding carboxylic acids is 1. The highest BCUT2D eigenvalue weighted by atomic mass is 35.5. The Morgan fingerprint density at radius 1 is 1.43 bits per heavy atom. The lowest BCUT2D eigenvalue weighted by Crippen LogP contribution is -2.49. The van der Waals surface area contributed by atoms with Gasteiger partial charge < -0.3 is 20.1 Å². The van der Waals surface area contributed by atoms with E-state index in [-0.39, 0.29) is 11.8 Å². The first kappa shape index (κ1) is 14.5. The summed E-state index contributed by atoms with van der Waals surface area (Å²) in [6.45, 7) is 5.28. The molecule has 0 aliphatic carbocycles. The summed E-state index contributed by atoms with van der Waals surface area (Å²) in [6, 6.07) is 3.68.